The molecule has 1 aromatic heterocycles. The highest BCUT2D eigenvalue weighted by atomic mass is 31.1. The lowest BCUT2D eigenvalue weighted by Crippen LogP contribution is -2.30. The minimum atomic E-state index is -0.389. The fourth-order valence-corrected chi connectivity index (χ4v) is 6.68. The van der Waals surface area contributed by atoms with Crippen LogP contribution in [0.5, 0.6) is 0 Å². The Bertz CT molecular complexity index is 431. The highest BCUT2D eigenvalue weighted by Crippen LogP contribution is 2.60. The van der Waals surface area contributed by atoms with Gasteiger partial charge in [0.2, 0.25) is 0 Å². The minimum absolute atomic E-state index is 0.248. The van der Waals surface area contributed by atoms with Crippen LogP contribution < -0.4 is 0 Å². The van der Waals surface area contributed by atoms with Crippen LogP contribution in [0.15, 0.2) is 6.07 Å². The highest BCUT2D eigenvalue weighted by Gasteiger charge is 2.38. The topological polar surface area (TPSA) is 17.8 Å². The monoisotopic (exact) mass is 296 g/mol. The lowest BCUT2D eigenvalue weighted by molar-refractivity contribution is 0.659. The van der Waals surface area contributed by atoms with Gasteiger partial charge in [-0.3, -0.25) is 0 Å². The Hall–Kier alpha value is -0.360. The first-order valence-electron chi connectivity index (χ1n) is 7.76. The molecule has 1 aromatic rings. The summed E-state index contributed by atoms with van der Waals surface area (Å²) in [7, 11) is -0.389. The van der Waals surface area contributed by atoms with Gasteiger partial charge in [-0.2, -0.15) is 5.10 Å². The van der Waals surface area contributed by atoms with Crippen LogP contribution in [-0.4, -0.2) is 19.9 Å². The Morgan fingerprint density at radius 1 is 0.900 bits per heavy atom. The molecular formula is C17H33N2P. The number of hydrogen-bond acceptors (Lipinski definition) is 1. The molecule has 20 heavy (non-hydrogen) atoms. The van der Waals surface area contributed by atoms with Gasteiger partial charge in [-0.25, -0.2) is 4.45 Å². The van der Waals surface area contributed by atoms with Crippen molar-refractivity contribution in [1.82, 2.24) is 9.55 Å². The molecule has 0 aliphatic heterocycles. The number of rotatable bonds is 3. The molecule has 0 fully saturated rings. The van der Waals surface area contributed by atoms with E-state index in [1.54, 1.807) is 0 Å². The van der Waals surface area contributed by atoms with Crippen molar-refractivity contribution in [2.75, 3.05) is 0 Å². The molecule has 0 aliphatic carbocycles. The van der Waals surface area contributed by atoms with E-state index in [0.29, 0.717) is 11.8 Å². The molecule has 0 saturated carbocycles. The van der Waals surface area contributed by atoms with E-state index in [1.807, 2.05) is 0 Å². The molecule has 1 rings (SSSR count). The lowest BCUT2D eigenvalue weighted by atomic mass is 10.1. The molecule has 0 amide bonds. The van der Waals surface area contributed by atoms with Gasteiger partial charge < -0.3 is 0 Å². The van der Waals surface area contributed by atoms with E-state index in [4.69, 9.17) is 5.10 Å². The molecule has 1 heterocycles. The van der Waals surface area contributed by atoms with Gasteiger partial charge in [0.25, 0.3) is 0 Å². The molecule has 0 unspecified atom stereocenters. The second-order valence-corrected chi connectivity index (χ2v) is 12.0. The number of hydrogen-bond donors (Lipinski definition) is 0. The summed E-state index contributed by atoms with van der Waals surface area (Å²) in [6.45, 7) is 23.1. The Kier molecular flexibility index (Phi) is 5.12. The fraction of sp³-hybridized carbons (Fsp3) is 0.824. The zero-order valence-corrected chi connectivity index (χ0v) is 16.0. The summed E-state index contributed by atoms with van der Waals surface area (Å²) < 4.78 is 2.38. The van der Waals surface area contributed by atoms with Crippen LogP contribution in [0.1, 0.15) is 92.5 Å². The van der Waals surface area contributed by atoms with Gasteiger partial charge in [0.05, 0.1) is 5.69 Å². The average Bonchev–Trinajstić information content (AvgIpc) is 2.57. The maximum atomic E-state index is 5.01. The largest absolute Gasteiger partial charge is 0.248 e. The minimum Gasteiger partial charge on any atom is -0.248 e. The van der Waals surface area contributed by atoms with Crippen molar-refractivity contribution >= 4 is 8.07 Å². The van der Waals surface area contributed by atoms with E-state index in [2.05, 4.69) is 79.8 Å². The van der Waals surface area contributed by atoms with Crippen LogP contribution >= 0.6 is 8.07 Å². The molecule has 0 atom stereocenters. The van der Waals surface area contributed by atoms with Crippen molar-refractivity contribution in [3.05, 3.63) is 17.5 Å². The summed E-state index contributed by atoms with van der Waals surface area (Å²) in [5, 5.41) is 5.50. The predicted octanol–water partition coefficient (Wildman–Crippen LogP) is 5.97. The molecule has 0 aromatic carbocycles. The molecule has 0 N–H and O–H groups in total. The summed E-state index contributed by atoms with van der Waals surface area (Å²) >= 11 is 0. The molecule has 0 aliphatic rings. The normalized spacial score (nSPS) is 13.8. The summed E-state index contributed by atoms with van der Waals surface area (Å²) in [5.74, 6) is 1.01. The molecule has 0 bridgehead atoms. The van der Waals surface area contributed by atoms with Crippen molar-refractivity contribution in [2.45, 2.75) is 91.4 Å². The molecule has 3 heteroatoms. The van der Waals surface area contributed by atoms with E-state index in [9.17, 15) is 0 Å². The maximum Gasteiger partial charge on any atom is 0.0656 e. The van der Waals surface area contributed by atoms with E-state index in [1.165, 1.54) is 11.4 Å². The van der Waals surface area contributed by atoms with Crippen molar-refractivity contribution in [2.24, 2.45) is 0 Å². The van der Waals surface area contributed by atoms with Crippen LogP contribution in [-0.2, 0) is 0 Å². The molecular weight excluding hydrogens is 263 g/mol. The third-order valence-electron chi connectivity index (χ3n) is 3.38. The van der Waals surface area contributed by atoms with Gasteiger partial charge in [-0.1, -0.05) is 69.2 Å². The third-order valence-corrected chi connectivity index (χ3v) is 6.62. The van der Waals surface area contributed by atoms with Crippen LogP contribution in [0.3, 0.4) is 0 Å². The second kappa shape index (κ2) is 5.79. The smallest absolute Gasteiger partial charge is 0.0656 e. The standard InChI is InChI=1S/C17H33N2P/c1-12(2)14-11-15(13(3)4)19(18-14)20(16(5,6)7)17(8,9)10/h11-13H,1-10H3. The van der Waals surface area contributed by atoms with E-state index in [-0.39, 0.29) is 18.4 Å². The summed E-state index contributed by atoms with van der Waals surface area (Å²) in [4.78, 5) is 0. The highest BCUT2D eigenvalue weighted by molar-refractivity contribution is 7.59. The van der Waals surface area contributed by atoms with Gasteiger partial charge in [0.1, 0.15) is 0 Å². The summed E-state index contributed by atoms with van der Waals surface area (Å²) in [6.07, 6.45) is 0. The Morgan fingerprint density at radius 3 is 1.65 bits per heavy atom. The Morgan fingerprint density at radius 2 is 1.35 bits per heavy atom. The van der Waals surface area contributed by atoms with Crippen molar-refractivity contribution in [1.29, 1.82) is 0 Å². The number of aromatic nitrogens is 2. The summed E-state index contributed by atoms with van der Waals surface area (Å²) in [6, 6.07) is 2.32. The molecule has 0 spiro atoms. The zero-order chi connectivity index (χ0) is 15.9. The van der Waals surface area contributed by atoms with E-state index >= 15 is 0 Å². The zero-order valence-electron chi connectivity index (χ0n) is 15.1. The van der Waals surface area contributed by atoms with Crippen molar-refractivity contribution in [3.63, 3.8) is 0 Å². The predicted molar refractivity (Wildman–Crippen MR) is 92.2 cm³/mol. The molecule has 116 valence electrons. The first kappa shape index (κ1) is 17.7. The van der Waals surface area contributed by atoms with Crippen molar-refractivity contribution in [3.8, 4) is 0 Å². The van der Waals surface area contributed by atoms with Crippen LogP contribution in [0, 0.1) is 0 Å². The SMILES string of the molecule is CC(C)c1cc(C(C)C)n(P(C(C)(C)C)C(C)(C)C)n1. The van der Waals surface area contributed by atoms with Crippen LogP contribution in [0.25, 0.3) is 0 Å². The quantitative estimate of drug-likeness (QED) is 0.628. The first-order chi connectivity index (χ1) is 8.85. The average molecular weight is 296 g/mol. The molecule has 0 radical (unpaired) electrons. The number of nitrogens with zero attached hydrogens (tertiary/aromatic N) is 2. The van der Waals surface area contributed by atoms with Gasteiger partial charge in [0, 0.05) is 24.1 Å². The lowest BCUT2D eigenvalue weighted by Gasteiger charge is -2.41. The van der Waals surface area contributed by atoms with Crippen LogP contribution in [0.4, 0.5) is 0 Å². The van der Waals surface area contributed by atoms with E-state index < -0.39 is 0 Å². The Labute approximate surface area is 127 Å². The van der Waals surface area contributed by atoms with Gasteiger partial charge in [-0.15, -0.1) is 0 Å². The second-order valence-electron chi connectivity index (χ2n) is 8.35. The summed E-state index contributed by atoms with van der Waals surface area (Å²) in [5.41, 5.74) is 2.62. The third kappa shape index (κ3) is 3.85. The van der Waals surface area contributed by atoms with E-state index in [0.717, 1.165) is 0 Å². The fourth-order valence-electron chi connectivity index (χ4n) is 2.82. The van der Waals surface area contributed by atoms with Gasteiger partial charge in [0.15, 0.2) is 0 Å². The van der Waals surface area contributed by atoms with Gasteiger partial charge in [-0.05, 0) is 17.9 Å². The van der Waals surface area contributed by atoms with Gasteiger partial charge >= 0.3 is 0 Å². The molecule has 2 nitrogen and oxygen atoms in total. The molecule has 0 saturated heterocycles. The van der Waals surface area contributed by atoms with Crippen LogP contribution in [0.2, 0.25) is 0 Å². The Balaban J connectivity index is 3.47. The first-order valence-corrected chi connectivity index (χ1v) is 9.05. The van der Waals surface area contributed by atoms with Crippen molar-refractivity contribution < 1.29 is 0 Å². The maximum absolute atomic E-state index is 5.01.